The quantitative estimate of drug-likeness (QED) is 0.813. The molecule has 2 aromatic rings. The second-order valence-corrected chi connectivity index (χ2v) is 4.36. The van der Waals surface area contributed by atoms with Crippen molar-refractivity contribution in [2.45, 2.75) is 31.6 Å². The molecule has 2 N–H and O–H groups in total. The number of H-pyrrole nitrogens is 2. The fourth-order valence-electron chi connectivity index (χ4n) is 2.34. The van der Waals surface area contributed by atoms with Crippen molar-refractivity contribution < 1.29 is 0 Å². The molecule has 0 aliphatic heterocycles. The maximum atomic E-state index is 11.6. The molecule has 0 radical (unpaired) electrons. The van der Waals surface area contributed by atoms with Crippen LogP contribution >= 0.6 is 0 Å². The molecular weight excluding hydrogens is 218 g/mol. The van der Waals surface area contributed by atoms with E-state index < -0.39 is 0 Å². The number of nitrogens with zero attached hydrogens (tertiary/aromatic N) is 3. The van der Waals surface area contributed by atoms with Crippen molar-refractivity contribution in [1.29, 1.82) is 0 Å². The van der Waals surface area contributed by atoms with E-state index in [9.17, 15) is 4.79 Å². The van der Waals surface area contributed by atoms with E-state index in [0.29, 0.717) is 17.4 Å². The first kappa shape index (κ1) is 10.2. The molecule has 0 aromatic carbocycles. The van der Waals surface area contributed by atoms with Crippen LogP contribution < -0.4 is 5.56 Å². The molecule has 17 heavy (non-hydrogen) atoms. The molecule has 1 saturated carbocycles. The Labute approximate surface area is 97.5 Å². The molecule has 0 spiro atoms. The van der Waals surface area contributed by atoms with Gasteiger partial charge in [-0.05, 0) is 12.8 Å². The van der Waals surface area contributed by atoms with Crippen LogP contribution in [0.1, 0.15) is 37.3 Å². The van der Waals surface area contributed by atoms with Crippen LogP contribution in [0.2, 0.25) is 0 Å². The summed E-state index contributed by atoms with van der Waals surface area (Å²) in [5.74, 6) is 0.913. The second kappa shape index (κ2) is 4.12. The summed E-state index contributed by atoms with van der Waals surface area (Å²) in [7, 11) is 0. The lowest BCUT2D eigenvalue weighted by Gasteiger charge is -2.08. The highest BCUT2D eigenvalue weighted by molar-refractivity contribution is 5.46. The van der Waals surface area contributed by atoms with Crippen LogP contribution in [0.4, 0.5) is 0 Å². The van der Waals surface area contributed by atoms with Crippen molar-refractivity contribution in [2.75, 3.05) is 0 Å². The zero-order valence-corrected chi connectivity index (χ0v) is 9.31. The Balaban J connectivity index is 2.03. The molecule has 6 nitrogen and oxygen atoms in total. The number of hydrogen-bond acceptors (Lipinski definition) is 4. The Hall–Kier alpha value is -1.98. The van der Waals surface area contributed by atoms with Crippen molar-refractivity contribution in [2.24, 2.45) is 0 Å². The third-order valence-corrected chi connectivity index (χ3v) is 3.19. The molecule has 0 atom stereocenters. The zero-order chi connectivity index (χ0) is 11.7. The maximum Gasteiger partial charge on any atom is 0.251 e. The summed E-state index contributed by atoms with van der Waals surface area (Å²) in [6, 6.07) is 1.60. The Bertz CT molecular complexity index is 553. The summed E-state index contributed by atoms with van der Waals surface area (Å²) in [6.45, 7) is 0. The summed E-state index contributed by atoms with van der Waals surface area (Å²) in [4.78, 5) is 18.8. The monoisotopic (exact) mass is 231 g/mol. The van der Waals surface area contributed by atoms with Crippen molar-refractivity contribution in [3.8, 4) is 11.5 Å². The van der Waals surface area contributed by atoms with E-state index in [0.717, 1.165) is 18.5 Å². The molecule has 0 bridgehead atoms. The van der Waals surface area contributed by atoms with Crippen molar-refractivity contribution >= 4 is 0 Å². The fraction of sp³-hybridized carbons (Fsp3) is 0.455. The summed E-state index contributed by atoms with van der Waals surface area (Å²) in [5, 5.41) is 10.2. The van der Waals surface area contributed by atoms with Gasteiger partial charge in [-0.2, -0.15) is 15.4 Å². The fourth-order valence-corrected chi connectivity index (χ4v) is 2.34. The zero-order valence-electron chi connectivity index (χ0n) is 9.31. The lowest BCUT2D eigenvalue weighted by atomic mass is 10.0. The van der Waals surface area contributed by atoms with E-state index >= 15 is 0 Å². The molecule has 3 rings (SSSR count). The minimum absolute atomic E-state index is 0.125. The van der Waals surface area contributed by atoms with Crippen LogP contribution in [0.25, 0.3) is 11.5 Å². The smallest absolute Gasteiger partial charge is 0.251 e. The number of rotatable bonds is 2. The predicted octanol–water partition coefficient (Wildman–Crippen LogP) is 1.21. The molecular formula is C11H13N5O. The van der Waals surface area contributed by atoms with Crippen LogP contribution in [-0.4, -0.2) is 25.4 Å². The Kier molecular flexibility index (Phi) is 2.47. The van der Waals surface area contributed by atoms with Gasteiger partial charge < -0.3 is 4.98 Å². The Morgan fingerprint density at radius 3 is 2.82 bits per heavy atom. The predicted molar refractivity (Wildman–Crippen MR) is 61.4 cm³/mol. The molecule has 1 aliphatic carbocycles. The average Bonchev–Trinajstić information content (AvgIpc) is 3.02. The first-order chi connectivity index (χ1) is 8.33. The van der Waals surface area contributed by atoms with Crippen LogP contribution in [0.5, 0.6) is 0 Å². The lowest BCUT2D eigenvalue weighted by Crippen LogP contribution is -2.12. The Morgan fingerprint density at radius 1 is 1.29 bits per heavy atom. The van der Waals surface area contributed by atoms with Gasteiger partial charge in [0, 0.05) is 12.0 Å². The molecule has 2 aromatic heterocycles. The largest absolute Gasteiger partial charge is 0.305 e. The number of hydrogen-bond donors (Lipinski definition) is 2. The topological polar surface area (TPSA) is 87.3 Å². The maximum absolute atomic E-state index is 11.6. The molecule has 0 saturated heterocycles. The highest BCUT2D eigenvalue weighted by Gasteiger charge is 2.20. The summed E-state index contributed by atoms with van der Waals surface area (Å²) < 4.78 is 0. The van der Waals surface area contributed by atoms with Gasteiger partial charge in [0.2, 0.25) is 0 Å². The van der Waals surface area contributed by atoms with E-state index in [2.05, 4.69) is 25.4 Å². The van der Waals surface area contributed by atoms with Crippen molar-refractivity contribution in [3.05, 3.63) is 28.3 Å². The molecule has 0 amide bonds. The van der Waals surface area contributed by atoms with Gasteiger partial charge in [-0.3, -0.25) is 4.79 Å². The van der Waals surface area contributed by atoms with Gasteiger partial charge in [-0.15, -0.1) is 0 Å². The third-order valence-electron chi connectivity index (χ3n) is 3.19. The molecule has 0 unspecified atom stereocenters. The minimum Gasteiger partial charge on any atom is -0.305 e. The number of aromatic nitrogens is 5. The highest BCUT2D eigenvalue weighted by atomic mass is 16.1. The van der Waals surface area contributed by atoms with Gasteiger partial charge in [-0.25, -0.2) is 4.98 Å². The van der Waals surface area contributed by atoms with Gasteiger partial charge >= 0.3 is 0 Å². The number of nitrogens with one attached hydrogen (secondary N) is 2. The molecule has 6 heteroatoms. The van der Waals surface area contributed by atoms with Crippen LogP contribution in [0.3, 0.4) is 0 Å². The average molecular weight is 231 g/mol. The van der Waals surface area contributed by atoms with E-state index in [4.69, 9.17) is 0 Å². The number of aromatic amines is 2. The summed E-state index contributed by atoms with van der Waals surface area (Å²) >= 11 is 0. The first-order valence-electron chi connectivity index (χ1n) is 5.80. The SMILES string of the molecule is O=c1cc(C2CCCC2)nc(-c2cn[nH]n2)[nH]1. The lowest BCUT2D eigenvalue weighted by molar-refractivity contribution is 0.693. The van der Waals surface area contributed by atoms with Gasteiger partial charge in [0.25, 0.3) is 5.56 Å². The van der Waals surface area contributed by atoms with Crippen molar-refractivity contribution in [3.63, 3.8) is 0 Å². The van der Waals surface area contributed by atoms with Crippen molar-refractivity contribution in [1.82, 2.24) is 25.4 Å². The van der Waals surface area contributed by atoms with E-state index in [1.165, 1.54) is 12.8 Å². The standard InChI is InChI=1S/C11H13N5O/c17-10-5-8(7-3-1-2-4-7)13-11(14-10)9-6-12-16-15-9/h5-7H,1-4H2,(H,12,15,16)(H,13,14,17). The summed E-state index contributed by atoms with van der Waals surface area (Å²) in [5.41, 5.74) is 1.33. The molecule has 88 valence electrons. The molecule has 1 fully saturated rings. The minimum atomic E-state index is -0.125. The molecule has 2 heterocycles. The van der Waals surface area contributed by atoms with Gasteiger partial charge in [0.15, 0.2) is 5.82 Å². The van der Waals surface area contributed by atoms with Gasteiger partial charge in [-0.1, -0.05) is 12.8 Å². The normalized spacial score (nSPS) is 16.5. The highest BCUT2D eigenvalue weighted by Crippen LogP contribution is 2.32. The van der Waals surface area contributed by atoms with Crippen LogP contribution in [0.15, 0.2) is 17.1 Å². The Morgan fingerprint density at radius 2 is 2.12 bits per heavy atom. The van der Waals surface area contributed by atoms with E-state index in [-0.39, 0.29) is 5.56 Å². The molecule has 1 aliphatic rings. The summed E-state index contributed by atoms with van der Waals surface area (Å²) in [6.07, 6.45) is 6.23. The van der Waals surface area contributed by atoms with E-state index in [1.54, 1.807) is 12.3 Å². The second-order valence-electron chi connectivity index (χ2n) is 4.36. The first-order valence-corrected chi connectivity index (χ1v) is 5.80. The van der Waals surface area contributed by atoms with Gasteiger partial charge in [0.05, 0.1) is 11.9 Å². The third kappa shape index (κ3) is 1.98. The van der Waals surface area contributed by atoms with E-state index in [1.807, 2.05) is 0 Å². The van der Waals surface area contributed by atoms with Crippen LogP contribution in [-0.2, 0) is 0 Å². The van der Waals surface area contributed by atoms with Gasteiger partial charge in [0.1, 0.15) is 5.69 Å². The van der Waals surface area contributed by atoms with Crippen LogP contribution in [0, 0.1) is 0 Å².